The molecule has 3 aromatic rings. The summed E-state index contributed by atoms with van der Waals surface area (Å²) in [5, 5.41) is 0. The van der Waals surface area contributed by atoms with Crippen molar-refractivity contribution in [3.8, 4) is 0 Å². The van der Waals surface area contributed by atoms with Gasteiger partial charge >= 0.3 is 0 Å². The summed E-state index contributed by atoms with van der Waals surface area (Å²) in [6.07, 6.45) is 4.25. The van der Waals surface area contributed by atoms with Crippen LogP contribution < -0.4 is 0 Å². The van der Waals surface area contributed by atoms with Crippen LogP contribution in [0, 0.1) is 0 Å². The summed E-state index contributed by atoms with van der Waals surface area (Å²) < 4.78 is 0. The maximum atomic E-state index is 5.77. The van der Waals surface area contributed by atoms with Gasteiger partial charge in [0.25, 0.3) is 0 Å². The van der Waals surface area contributed by atoms with Crippen molar-refractivity contribution < 1.29 is 0 Å². The predicted octanol–water partition coefficient (Wildman–Crippen LogP) is 6.32. The van der Waals surface area contributed by atoms with Crippen molar-refractivity contribution in [3.63, 3.8) is 0 Å². The van der Waals surface area contributed by atoms with Crippen molar-refractivity contribution in [1.82, 2.24) is 0 Å². The number of allylic oxidation sites excluding steroid dienone is 4. The fraction of sp³-hybridized carbons (Fsp3) is 0.0417. The van der Waals surface area contributed by atoms with E-state index in [9.17, 15) is 0 Å². The third kappa shape index (κ3) is 3.11. The summed E-state index contributed by atoms with van der Waals surface area (Å²) in [5.41, 5.74) is 6.21. The summed E-state index contributed by atoms with van der Waals surface area (Å²) in [4.78, 5) is 0.963. The van der Waals surface area contributed by atoms with Gasteiger partial charge in [-0.1, -0.05) is 109 Å². The molecule has 0 N–H and O–H groups in total. The maximum absolute atomic E-state index is 5.77. The molecule has 4 rings (SSSR count). The van der Waals surface area contributed by atoms with Crippen LogP contribution in [0.4, 0.5) is 0 Å². The molecule has 25 heavy (non-hydrogen) atoms. The van der Waals surface area contributed by atoms with E-state index in [0.717, 1.165) is 4.86 Å². The predicted molar refractivity (Wildman–Crippen MR) is 111 cm³/mol. The molecule has 1 aliphatic carbocycles. The SMILES string of the molecule is S=C1C=CC(c2ccccc2)=C(c2ccccc2)C1c1ccccc1. The van der Waals surface area contributed by atoms with Gasteiger partial charge in [0.2, 0.25) is 0 Å². The van der Waals surface area contributed by atoms with E-state index in [1.165, 1.54) is 27.8 Å². The Morgan fingerprint density at radius 3 is 1.68 bits per heavy atom. The largest absolute Gasteiger partial charge is 0.0839 e. The molecule has 3 aromatic carbocycles. The van der Waals surface area contributed by atoms with Gasteiger partial charge in [-0.2, -0.15) is 0 Å². The smallest absolute Gasteiger partial charge is 0.0454 e. The van der Waals surface area contributed by atoms with E-state index in [0.29, 0.717) is 0 Å². The van der Waals surface area contributed by atoms with Gasteiger partial charge in [0.05, 0.1) is 0 Å². The highest BCUT2D eigenvalue weighted by Crippen LogP contribution is 2.42. The second-order valence-corrected chi connectivity index (χ2v) is 6.61. The van der Waals surface area contributed by atoms with Crippen LogP contribution in [0.1, 0.15) is 22.6 Å². The van der Waals surface area contributed by atoms with Crippen molar-refractivity contribution in [2.45, 2.75) is 5.92 Å². The minimum atomic E-state index is 0.0961. The van der Waals surface area contributed by atoms with Crippen molar-refractivity contribution >= 4 is 28.2 Å². The Morgan fingerprint density at radius 2 is 1.08 bits per heavy atom. The molecule has 0 aromatic heterocycles. The first-order chi connectivity index (χ1) is 12.3. The molecule has 0 heterocycles. The van der Waals surface area contributed by atoms with Crippen LogP contribution in [0.5, 0.6) is 0 Å². The van der Waals surface area contributed by atoms with Gasteiger partial charge in [-0.25, -0.2) is 0 Å². The molecule has 0 fully saturated rings. The van der Waals surface area contributed by atoms with Crippen LogP contribution in [0.15, 0.2) is 103 Å². The van der Waals surface area contributed by atoms with Crippen molar-refractivity contribution in [2.24, 2.45) is 0 Å². The quantitative estimate of drug-likeness (QED) is 0.503. The van der Waals surface area contributed by atoms with Gasteiger partial charge in [-0.15, -0.1) is 0 Å². The van der Waals surface area contributed by atoms with Gasteiger partial charge < -0.3 is 0 Å². The molecule has 120 valence electrons. The molecule has 0 bridgehead atoms. The number of hydrogen-bond donors (Lipinski definition) is 0. The zero-order chi connectivity index (χ0) is 17.1. The Kier molecular flexibility index (Phi) is 4.41. The Hall–Kier alpha value is -2.77. The highest BCUT2D eigenvalue weighted by Gasteiger charge is 2.27. The number of benzene rings is 3. The second-order valence-electron chi connectivity index (χ2n) is 6.14. The molecule has 0 radical (unpaired) electrons. The zero-order valence-electron chi connectivity index (χ0n) is 13.8. The lowest BCUT2D eigenvalue weighted by Crippen LogP contribution is -2.15. The highest BCUT2D eigenvalue weighted by atomic mass is 32.1. The fourth-order valence-corrected chi connectivity index (χ4v) is 3.76. The second kappa shape index (κ2) is 7.00. The van der Waals surface area contributed by atoms with E-state index in [1.807, 2.05) is 0 Å². The maximum Gasteiger partial charge on any atom is 0.0454 e. The van der Waals surface area contributed by atoms with Crippen molar-refractivity contribution in [3.05, 3.63) is 120 Å². The Bertz CT molecular complexity index is 935. The summed E-state index contributed by atoms with van der Waals surface area (Å²) in [5.74, 6) is 0.0961. The topological polar surface area (TPSA) is 0 Å². The zero-order valence-corrected chi connectivity index (χ0v) is 14.6. The van der Waals surface area contributed by atoms with E-state index in [-0.39, 0.29) is 5.92 Å². The minimum Gasteiger partial charge on any atom is -0.0839 e. The molecule has 1 atom stereocenters. The lowest BCUT2D eigenvalue weighted by molar-refractivity contribution is 1.18. The molecule has 1 heteroatoms. The molecule has 0 aliphatic heterocycles. The Labute approximate surface area is 154 Å². The normalized spacial score (nSPS) is 17.0. The van der Waals surface area contributed by atoms with Crippen LogP contribution in [0.2, 0.25) is 0 Å². The summed E-state index contributed by atoms with van der Waals surface area (Å²) in [6.45, 7) is 0. The molecule has 0 amide bonds. The van der Waals surface area contributed by atoms with E-state index >= 15 is 0 Å². The molecule has 1 aliphatic rings. The average molecular weight is 338 g/mol. The summed E-state index contributed by atoms with van der Waals surface area (Å²) in [7, 11) is 0. The van der Waals surface area contributed by atoms with Gasteiger partial charge in [-0.3, -0.25) is 0 Å². The number of hydrogen-bond acceptors (Lipinski definition) is 1. The first-order valence-electron chi connectivity index (χ1n) is 8.46. The summed E-state index contributed by atoms with van der Waals surface area (Å²) >= 11 is 5.77. The van der Waals surface area contributed by atoms with E-state index in [2.05, 4.69) is 103 Å². The Morgan fingerprint density at radius 1 is 0.560 bits per heavy atom. The van der Waals surface area contributed by atoms with Gasteiger partial charge in [0.1, 0.15) is 0 Å². The van der Waals surface area contributed by atoms with E-state index in [4.69, 9.17) is 12.2 Å². The van der Waals surface area contributed by atoms with Gasteiger partial charge in [0.15, 0.2) is 0 Å². The number of thiocarbonyl (C=S) groups is 1. The molecule has 1 unspecified atom stereocenters. The lowest BCUT2D eigenvalue weighted by Gasteiger charge is -2.27. The molecule has 0 nitrogen and oxygen atoms in total. The molecular formula is C24H18S. The Balaban J connectivity index is 1.98. The standard InChI is InChI=1S/C24H18S/c25-22-17-16-21(18-10-4-1-5-11-18)23(19-12-6-2-7-13-19)24(22)20-14-8-3-9-15-20/h1-17,24H. The first kappa shape index (κ1) is 15.7. The van der Waals surface area contributed by atoms with E-state index < -0.39 is 0 Å². The van der Waals surface area contributed by atoms with Crippen LogP contribution >= 0.6 is 12.2 Å². The minimum absolute atomic E-state index is 0.0961. The highest BCUT2D eigenvalue weighted by molar-refractivity contribution is 7.81. The van der Waals surface area contributed by atoms with Crippen LogP contribution in [-0.4, -0.2) is 4.86 Å². The average Bonchev–Trinajstić information content (AvgIpc) is 2.70. The van der Waals surface area contributed by atoms with Crippen LogP contribution in [0.25, 0.3) is 11.1 Å². The lowest BCUT2D eigenvalue weighted by atomic mass is 9.77. The molecular weight excluding hydrogens is 320 g/mol. The monoisotopic (exact) mass is 338 g/mol. The third-order valence-corrected chi connectivity index (χ3v) is 4.95. The summed E-state index contributed by atoms with van der Waals surface area (Å²) in [6, 6.07) is 31.7. The van der Waals surface area contributed by atoms with Crippen molar-refractivity contribution in [1.29, 1.82) is 0 Å². The number of rotatable bonds is 3. The molecule has 0 spiro atoms. The van der Waals surface area contributed by atoms with Gasteiger partial charge in [-0.05, 0) is 33.9 Å². The molecule has 0 saturated carbocycles. The van der Waals surface area contributed by atoms with E-state index in [1.54, 1.807) is 0 Å². The first-order valence-corrected chi connectivity index (χ1v) is 8.87. The van der Waals surface area contributed by atoms with Gasteiger partial charge in [0, 0.05) is 10.8 Å². The van der Waals surface area contributed by atoms with Crippen molar-refractivity contribution in [2.75, 3.05) is 0 Å². The van der Waals surface area contributed by atoms with Crippen LogP contribution in [-0.2, 0) is 0 Å². The third-order valence-electron chi connectivity index (χ3n) is 4.58. The fourth-order valence-electron chi connectivity index (χ4n) is 3.43. The molecule has 0 saturated heterocycles. The van der Waals surface area contributed by atoms with Crippen LogP contribution in [0.3, 0.4) is 0 Å².